The van der Waals surface area contributed by atoms with E-state index in [9.17, 15) is 13.2 Å². The quantitative estimate of drug-likeness (QED) is 0.735. The minimum absolute atomic E-state index is 0.0985. The predicted molar refractivity (Wildman–Crippen MR) is 114 cm³/mol. The summed E-state index contributed by atoms with van der Waals surface area (Å²) in [5.41, 5.74) is 1.43. The molecule has 0 aromatic heterocycles. The molecular formula is C21H25ClN2O4S. The Morgan fingerprint density at radius 3 is 2.62 bits per heavy atom. The Balaban J connectivity index is 1.76. The molecule has 0 radical (unpaired) electrons. The van der Waals surface area contributed by atoms with Crippen LogP contribution < -0.4 is 10.1 Å². The molecule has 0 saturated carbocycles. The van der Waals surface area contributed by atoms with Crippen LogP contribution in [-0.2, 0) is 14.8 Å². The molecule has 1 atom stereocenters. The molecular weight excluding hydrogens is 412 g/mol. The number of methoxy groups -OCH3 is 1. The number of ether oxygens (including phenoxy) is 1. The van der Waals surface area contributed by atoms with Crippen molar-refractivity contribution in [3.8, 4) is 5.75 Å². The van der Waals surface area contributed by atoms with Gasteiger partial charge >= 0.3 is 0 Å². The van der Waals surface area contributed by atoms with Gasteiger partial charge in [-0.2, -0.15) is 4.31 Å². The monoisotopic (exact) mass is 436 g/mol. The van der Waals surface area contributed by atoms with Crippen LogP contribution in [0.2, 0.25) is 5.02 Å². The van der Waals surface area contributed by atoms with Gasteiger partial charge in [-0.25, -0.2) is 8.42 Å². The van der Waals surface area contributed by atoms with Gasteiger partial charge in [0.05, 0.1) is 12.0 Å². The second-order valence-corrected chi connectivity index (χ2v) is 9.40. The van der Waals surface area contributed by atoms with Crippen molar-refractivity contribution in [2.24, 2.45) is 0 Å². The first-order chi connectivity index (χ1) is 13.8. The molecule has 29 heavy (non-hydrogen) atoms. The fourth-order valence-corrected chi connectivity index (χ4v) is 5.40. The van der Waals surface area contributed by atoms with Crippen LogP contribution in [-0.4, -0.2) is 38.3 Å². The van der Waals surface area contributed by atoms with Crippen LogP contribution in [0, 0.1) is 6.92 Å². The Labute approximate surface area is 176 Å². The maximum Gasteiger partial charge on any atom is 0.243 e. The maximum atomic E-state index is 13.2. The van der Waals surface area contributed by atoms with Crippen molar-refractivity contribution in [2.75, 3.05) is 19.0 Å². The number of sulfonamides is 1. The van der Waals surface area contributed by atoms with Crippen LogP contribution in [0.4, 0.5) is 5.69 Å². The lowest BCUT2D eigenvalue weighted by Crippen LogP contribution is -2.45. The summed E-state index contributed by atoms with van der Waals surface area (Å²) in [5, 5.41) is 3.44. The number of carbonyl (C=O) groups excluding carboxylic acids is 1. The zero-order valence-corrected chi connectivity index (χ0v) is 18.1. The van der Waals surface area contributed by atoms with E-state index < -0.39 is 10.0 Å². The predicted octanol–water partition coefficient (Wildman–Crippen LogP) is 4.23. The second-order valence-electron chi connectivity index (χ2n) is 7.11. The van der Waals surface area contributed by atoms with Crippen LogP contribution in [0.1, 0.15) is 31.2 Å². The maximum absolute atomic E-state index is 13.2. The molecule has 1 heterocycles. The van der Waals surface area contributed by atoms with Gasteiger partial charge < -0.3 is 10.1 Å². The molecule has 2 aromatic carbocycles. The van der Waals surface area contributed by atoms with E-state index in [0.29, 0.717) is 29.4 Å². The van der Waals surface area contributed by atoms with Gasteiger partial charge in [-0.3, -0.25) is 4.79 Å². The number of carbonyl (C=O) groups is 1. The topological polar surface area (TPSA) is 75.7 Å². The van der Waals surface area contributed by atoms with Gasteiger partial charge in [0.15, 0.2) is 0 Å². The zero-order valence-electron chi connectivity index (χ0n) is 16.5. The standard InChI is InChI=1S/C21H25ClN2O4S/c1-15-19(22)7-5-8-20(15)23-21(25)14-16-6-3-4-13-24(16)29(26,27)18-11-9-17(28-2)10-12-18/h5,7-12,16H,3-4,6,13-14H2,1-2H3,(H,23,25)/t16-/m0/s1. The zero-order chi connectivity index (χ0) is 21.0. The molecule has 1 aliphatic rings. The van der Waals surface area contributed by atoms with Crippen molar-refractivity contribution < 1.29 is 17.9 Å². The van der Waals surface area contributed by atoms with Gasteiger partial charge in [0.2, 0.25) is 15.9 Å². The Hall–Kier alpha value is -2.09. The van der Waals surface area contributed by atoms with Crippen LogP contribution in [0.3, 0.4) is 0 Å². The van der Waals surface area contributed by atoms with Crippen molar-refractivity contribution in [1.82, 2.24) is 4.31 Å². The highest BCUT2D eigenvalue weighted by Crippen LogP contribution is 2.29. The number of anilines is 1. The minimum Gasteiger partial charge on any atom is -0.497 e. The first-order valence-electron chi connectivity index (χ1n) is 9.54. The highest BCUT2D eigenvalue weighted by molar-refractivity contribution is 7.89. The van der Waals surface area contributed by atoms with E-state index in [2.05, 4.69) is 5.32 Å². The van der Waals surface area contributed by atoms with Crippen molar-refractivity contribution in [2.45, 2.75) is 43.5 Å². The van der Waals surface area contributed by atoms with E-state index in [1.54, 1.807) is 30.3 Å². The fourth-order valence-electron chi connectivity index (χ4n) is 3.54. The van der Waals surface area contributed by atoms with Crippen molar-refractivity contribution in [3.05, 3.63) is 53.1 Å². The van der Waals surface area contributed by atoms with E-state index in [1.165, 1.54) is 23.5 Å². The van der Waals surface area contributed by atoms with E-state index in [1.807, 2.05) is 6.92 Å². The minimum atomic E-state index is -3.69. The lowest BCUT2D eigenvalue weighted by molar-refractivity contribution is -0.117. The average molecular weight is 437 g/mol. The molecule has 0 aliphatic carbocycles. The summed E-state index contributed by atoms with van der Waals surface area (Å²) in [6, 6.07) is 11.3. The van der Waals surface area contributed by atoms with Crippen molar-refractivity contribution in [1.29, 1.82) is 0 Å². The van der Waals surface area contributed by atoms with Gasteiger partial charge in [-0.15, -0.1) is 0 Å². The second kappa shape index (κ2) is 9.15. The summed E-state index contributed by atoms with van der Waals surface area (Å²) in [7, 11) is -2.16. The fraction of sp³-hybridized carbons (Fsp3) is 0.381. The molecule has 0 unspecified atom stereocenters. The van der Waals surface area contributed by atoms with E-state index in [4.69, 9.17) is 16.3 Å². The Morgan fingerprint density at radius 2 is 1.93 bits per heavy atom. The summed E-state index contributed by atoms with van der Waals surface area (Å²) >= 11 is 6.11. The summed E-state index contributed by atoms with van der Waals surface area (Å²) in [5.74, 6) is 0.368. The Morgan fingerprint density at radius 1 is 1.21 bits per heavy atom. The van der Waals surface area contributed by atoms with E-state index >= 15 is 0 Å². The smallest absolute Gasteiger partial charge is 0.243 e. The molecule has 3 rings (SSSR count). The molecule has 1 N–H and O–H groups in total. The third kappa shape index (κ3) is 4.91. The van der Waals surface area contributed by atoms with Gasteiger partial charge in [-0.05, 0) is 61.7 Å². The number of piperidine rings is 1. The molecule has 156 valence electrons. The molecule has 2 aromatic rings. The first kappa shape index (κ1) is 21.6. The number of nitrogens with one attached hydrogen (secondary N) is 1. The number of amides is 1. The van der Waals surface area contributed by atoms with Crippen molar-refractivity contribution in [3.63, 3.8) is 0 Å². The SMILES string of the molecule is COc1ccc(S(=O)(=O)N2CCCC[C@H]2CC(=O)Nc2cccc(Cl)c2C)cc1. The lowest BCUT2D eigenvalue weighted by Gasteiger charge is -2.34. The largest absolute Gasteiger partial charge is 0.497 e. The third-order valence-corrected chi connectivity index (χ3v) is 7.58. The molecule has 1 fully saturated rings. The summed E-state index contributed by atoms with van der Waals surface area (Å²) < 4.78 is 32.9. The van der Waals surface area contributed by atoms with Crippen LogP contribution in [0.15, 0.2) is 47.4 Å². The van der Waals surface area contributed by atoms with Crippen LogP contribution in [0.25, 0.3) is 0 Å². The van der Waals surface area contributed by atoms with Gasteiger partial charge in [0.1, 0.15) is 5.75 Å². The molecule has 1 aliphatic heterocycles. The highest BCUT2D eigenvalue weighted by atomic mass is 35.5. The first-order valence-corrected chi connectivity index (χ1v) is 11.4. The number of hydrogen-bond donors (Lipinski definition) is 1. The summed E-state index contributed by atoms with van der Waals surface area (Å²) in [4.78, 5) is 12.8. The number of nitrogens with zero attached hydrogens (tertiary/aromatic N) is 1. The van der Waals surface area contributed by atoms with Gasteiger partial charge in [0, 0.05) is 29.7 Å². The highest BCUT2D eigenvalue weighted by Gasteiger charge is 2.34. The van der Waals surface area contributed by atoms with E-state index in [-0.39, 0.29) is 23.3 Å². The Kier molecular flexibility index (Phi) is 6.82. The lowest BCUT2D eigenvalue weighted by atomic mass is 10.0. The van der Waals surface area contributed by atoms with Gasteiger partial charge in [0.25, 0.3) is 0 Å². The van der Waals surface area contributed by atoms with Gasteiger partial charge in [-0.1, -0.05) is 24.1 Å². The molecule has 8 heteroatoms. The van der Waals surface area contributed by atoms with E-state index in [0.717, 1.165) is 18.4 Å². The Bertz CT molecular complexity index is 977. The third-order valence-electron chi connectivity index (χ3n) is 5.20. The average Bonchev–Trinajstić information content (AvgIpc) is 2.71. The number of rotatable bonds is 6. The molecule has 0 spiro atoms. The number of benzene rings is 2. The van der Waals surface area contributed by atoms with Crippen LogP contribution >= 0.6 is 11.6 Å². The number of halogens is 1. The molecule has 1 amide bonds. The summed E-state index contributed by atoms with van der Waals surface area (Å²) in [6.45, 7) is 2.24. The molecule has 6 nitrogen and oxygen atoms in total. The number of hydrogen-bond acceptors (Lipinski definition) is 4. The molecule has 1 saturated heterocycles. The van der Waals surface area contributed by atoms with Crippen molar-refractivity contribution >= 4 is 33.2 Å². The molecule has 0 bridgehead atoms. The normalized spacial score (nSPS) is 17.7. The summed E-state index contributed by atoms with van der Waals surface area (Å²) in [6.07, 6.45) is 2.42. The van der Waals surface area contributed by atoms with Crippen LogP contribution in [0.5, 0.6) is 5.75 Å².